The molecule has 0 aliphatic carbocycles. The Morgan fingerprint density at radius 3 is 1.93 bits per heavy atom. The lowest BCUT2D eigenvalue weighted by molar-refractivity contribution is 0.574. The van der Waals surface area contributed by atoms with Crippen molar-refractivity contribution in [2.24, 2.45) is 0 Å². The van der Waals surface area contributed by atoms with Crippen molar-refractivity contribution in [1.29, 1.82) is 0 Å². The molecular formula is C21H28N2O4S2. The summed E-state index contributed by atoms with van der Waals surface area (Å²) >= 11 is 0. The lowest BCUT2D eigenvalue weighted by Gasteiger charge is -2.29. The molecular weight excluding hydrogens is 408 g/mol. The van der Waals surface area contributed by atoms with Crippen molar-refractivity contribution in [3.05, 3.63) is 52.1 Å². The fraction of sp³-hybridized carbons (Fsp3) is 0.429. The molecule has 1 heterocycles. The molecule has 0 amide bonds. The molecule has 0 atom stereocenters. The summed E-state index contributed by atoms with van der Waals surface area (Å²) < 4.78 is 55.4. The van der Waals surface area contributed by atoms with Gasteiger partial charge in [-0.2, -0.15) is 0 Å². The van der Waals surface area contributed by atoms with E-state index in [9.17, 15) is 16.8 Å². The molecule has 0 saturated carbocycles. The van der Waals surface area contributed by atoms with Gasteiger partial charge in [0.2, 0.25) is 10.0 Å². The summed E-state index contributed by atoms with van der Waals surface area (Å²) in [6, 6.07) is 7.18. The van der Waals surface area contributed by atoms with Crippen LogP contribution in [0.4, 0.5) is 11.4 Å². The van der Waals surface area contributed by atoms with E-state index in [-0.39, 0.29) is 10.6 Å². The molecule has 2 aromatic carbocycles. The Morgan fingerprint density at radius 1 is 0.862 bits per heavy atom. The number of nitrogens with one attached hydrogen (secondary N) is 1. The van der Waals surface area contributed by atoms with Crippen molar-refractivity contribution in [1.82, 2.24) is 0 Å². The summed E-state index contributed by atoms with van der Waals surface area (Å²) in [5, 5.41) is 0. The summed E-state index contributed by atoms with van der Waals surface area (Å²) in [6.45, 7) is 9.56. The maximum atomic E-state index is 13.2. The molecule has 0 aromatic heterocycles. The highest BCUT2D eigenvalue weighted by Crippen LogP contribution is 2.32. The zero-order valence-corrected chi connectivity index (χ0v) is 19.2. The van der Waals surface area contributed by atoms with E-state index in [1.807, 2.05) is 32.9 Å². The van der Waals surface area contributed by atoms with E-state index in [1.54, 1.807) is 26.0 Å². The molecule has 0 unspecified atom stereocenters. The van der Waals surface area contributed by atoms with Crippen LogP contribution < -0.4 is 9.03 Å². The Kier molecular flexibility index (Phi) is 5.71. The van der Waals surface area contributed by atoms with Gasteiger partial charge in [-0.25, -0.2) is 16.8 Å². The number of aryl methyl sites for hydroxylation is 5. The van der Waals surface area contributed by atoms with Crippen molar-refractivity contribution < 1.29 is 16.8 Å². The van der Waals surface area contributed by atoms with Crippen LogP contribution in [-0.2, 0) is 20.0 Å². The highest BCUT2D eigenvalue weighted by atomic mass is 32.2. The minimum atomic E-state index is -3.83. The predicted octanol–water partition coefficient (Wildman–Crippen LogP) is 3.96. The first kappa shape index (κ1) is 21.6. The summed E-state index contributed by atoms with van der Waals surface area (Å²) in [6.07, 6.45) is 1.45. The highest BCUT2D eigenvalue weighted by Gasteiger charge is 2.28. The van der Waals surface area contributed by atoms with Crippen molar-refractivity contribution in [3.8, 4) is 0 Å². The monoisotopic (exact) mass is 436 g/mol. The number of rotatable bonds is 4. The fourth-order valence-electron chi connectivity index (χ4n) is 4.10. The molecule has 1 saturated heterocycles. The van der Waals surface area contributed by atoms with Crippen LogP contribution in [0.25, 0.3) is 0 Å². The second kappa shape index (κ2) is 7.65. The molecule has 29 heavy (non-hydrogen) atoms. The number of benzene rings is 2. The number of sulfonamides is 2. The van der Waals surface area contributed by atoms with Gasteiger partial charge >= 0.3 is 0 Å². The first-order valence-electron chi connectivity index (χ1n) is 9.65. The van der Waals surface area contributed by atoms with Gasteiger partial charge in [-0.1, -0.05) is 17.7 Å². The molecule has 0 radical (unpaired) electrons. The van der Waals surface area contributed by atoms with E-state index >= 15 is 0 Å². The molecule has 1 aliphatic rings. The van der Waals surface area contributed by atoms with Crippen LogP contribution in [0.2, 0.25) is 0 Å². The quantitative estimate of drug-likeness (QED) is 0.786. The van der Waals surface area contributed by atoms with Crippen LogP contribution in [0.5, 0.6) is 0 Å². The Labute approximate surface area is 174 Å². The van der Waals surface area contributed by atoms with Gasteiger partial charge in [-0.15, -0.1) is 0 Å². The Balaban J connectivity index is 2.03. The number of hydrogen-bond acceptors (Lipinski definition) is 4. The van der Waals surface area contributed by atoms with Crippen molar-refractivity contribution in [2.75, 3.05) is 21.3 Å². The lowest BCUT2D eigenvalue weighted by Crippen LogP contribution is -2.38. The molecule has 6 nitrogen and oxygen atoms in total. The second-order valence-electron chi connectivity index (χ2n) is 7.88. The van der Waals surface area contributed by atoms with Gasteiger partial charge in [0.05, 0.1) is 22.0 Å². The molecule has 158 valence electrons. The minimum Gasteiger partial charge on any atom is -0.279 e. The molecule has 1 fully saturated rings. The van der Waals surface area contributed by atoms with Crippen LogP contribution in [0.15, 0.2) is 29.2 Å². The van der Waals surface area contributed by atoms with Crippen molar-refractivity contribution in [3.63, 3.8) is 0 Å². The first-order chi connectivity index (χ1) is 13.4. The maximum absolute atomic E-state index is 13.2. The first-order valence-corrected chi connectivity index (χ1v) is 12.7. The van der Waals surface area contributed by atoms with Crippen LogP contribution in [0.3, 0.4) is 0 Å². The molecule has 1 N–H and O–H groups in total. The molecule has 0 spiro atoms. The van der Waals surface area contributed by atoms with E-state index in [2.05, 4.69) is 4.72 Å². The topological polar surface area (TPSA) is 83.6 Å². The summed E-state index contributed by atoms with van der Waals surface area (Å²) in [7, 11) is -7.18. The van der Waals surface area contributed by atoms with Gasteiger partial charge in [-0.05, 0) is 81.8 Å². The Hall–Kier alpha value is -2.06. The molecule has 2 aromatic rings. The molecule has 3 rings (SSSR count). The van der Waals surface area contributed by atoms with Crippen molar-refractivity contribution in [2.45, 2.75) is 52.4 Å². The van der Waals surface area contributed by atoms with Gasteiger partial charge in [0.1, 0.15) is 0 Å². The van der Waals surface area contributed by atoms with Crippen LogP contribution in [-0.4, -0.2) is 29.1 Å². The predicted molar refractivity (Wildman–Crippen MR) is 118 cm³/mol. The van der Waals surface area contributed by atoms with E-state index in [4.69, 9.17) is 0 Å². The van der Waals surface area contributed by atoms with Gasteiger partial charge in [0.25, 0.3) is 10.0 Å². The Bertz CT molecular complexity index is 1120. The van der Waals surface area contributed by atoms with Crippen LogP contribution in [0, 0.1) is 34.6 Å². The largest absolute Gasteiger partial charge is 0.279 e. The van der Waals surface area contributed by atoms with Gasteiger partial charge in [-0.3, -0.25) is 9.03 Å². The van der Waals surface area contributed by atoms with E-state index < -0.39 is 20.0 Å². The van der Waals surface area contributed by atoms with Crippen LogP contribution in [0.1, 0.15) is 40.7 Å². The smallest absolute Gasteiger partial charge is 0.262 e. The zero-order chi connectivity index (χ0) is 21.6. The molecule has 8 heteroatoms. The van der Waals surface area contributed by atoms with Crippen LogP contribution >= 0.6 is 0 Å². The van der Waals surface area contributed by atoms with Gasteiger partial charge in [0, 0.05) is 6.54 Å². The fourth-order valence-corrected chi connectivity index (χ4v) is 7.38. The minimum absolute atomic E-state index is 0.124. The number of anilines is 2. The van der Waals surface area contributed by atoms with Crippen molar-refractivity contribution >= 4 is 31.4 Å². The average molecular weight is 437 g/mol. The highest BCUT2D eigenvalue weighted by molar-refractivity contribution is 7.93. The number of hydrogen-bond donors (Lipinski definition) is 1. The van der Waals surface area contributed by atoms with Gasteiger partial charge < -0.3 is 0 Å². The third kappa shape index (κ3) is 4.28. The average Bonchev–Trinajstić information content (AvgIpc) is 2.56. The summed E-state index contributed by atoms with van der Waals surface area (Å²) in [5.41, 5.74) is 4.95. The third-order valence-corrected chi connectivity index (χ3v) is 8.79. The standard InChI is InChI=1S/C21H28N2O4S2/c1-14-10-15(2)20(16(3)11-14)22-29(26,27)21-17(4)12-19(13-18(21)5)23-8-6-7-9-28(23,24)25/h10-13,22H,6-9H2,1-5H3. The second-order valence-corrected chi connectivity index (χ2v) is 11.5. The van der Waals surface area contributed by atoms with E-state index in [1.165, 1.54) is 4.31 Å². The summed E-state index contributed by atoms with van der Waals surface area (Å²) in [5.74, 6) is 0.124. The third-order valence-electron chi connectivity index (χ3n) is 5.26. The number of nitrogens with zero attached hydrogens (tertiary/aromatic N) is 1. The Morgan fingerprint density at radius 2 is 1.41 bits per heavy atom. The SMILES string of the molecule is Cc1cc(C)c(NS(=O)(=O)c2c(C)cc(N3CCCCS3(=O)=O)cc2C)c(C)c1. The van der Waals surface area contributed by atoms with Gasteiger partial charge in [0.15, 0.2) is 0 Å². The normalized spacial score (nSPS) is 16.7. The summed E-state index contributed by atoms with van der Waals surface area (Å²) in [4.78, 5) is 0.190. The molecule has 0 bridgehead atoms. The lowest BCUT2D eigenvalue weighted by atomic mass is 10.1. The molecule has 1 aliphatic heterocycles. The van der Waals surface area contributed by atoms with E-state index in [0.717, 1.165) is 23.1 Å². The van der Waals surface area contributed by atoms with E-state index in [0.29, 0.717) is 35.5 Å². The maximum Gasteiger partial charge on any atom is 0.262 e. The zero-order valence-electron chi connectivity index (χ0n) is 17.5.